The smallest absolute Gasteiger partial charge is 0.338 e. The third-order valence-corrected chi connectivity index (χ3v) is 10.6. The van der Waals surface area contributed by atoms with E-state index in [2.05, 4.69) is 46.0 Å². The van der Waals surface area contributed by atoms with Crippen LogP contribution in [0.25, 0.3) is 0 Å². The largest absolute Gasteiger partial charge is 0.459 e. The Morgan fingerprint density at radius 3 is 2.48 bits per heavy atom. The molecule has 0 aromatic heterocycles. The van der Waals surface area contributed by atoms with Crippen LogP contribution in [0.1, 0.15) is 51.4 Å². The molecule has 0 radical (unpaired) electrons. The molecule has 6 heteroatoms. The van der Waals surface area contributed by atoms with E-state index in [1.165, 1.54) is 0 Å². The molecule has 1 aromatic carbocycles. The Balaban J connectivity index is 1.80. The summed E-state index contributed by atoms with van der Waals surface area (Å²) in [4.78, 5) is 12.5. The molecule has 3 atom stereocenters. The van der Waals surface area contributed by atoms with Gasteiger partial charge in [-0.15, -0.1) is 0 Å². The van der Waals surface area contributed by atoms with Crippen molar-refractivity contribution in [1.29, 1.82) is 0 Å². The van der Waals surface area contributed by atoms with Crippen LogP contribution in [-0.2, 0) is 18.6 Å². The van der Waals surface area contributed by atoms with Gasteiger partial charge in [0.15, 0.2) is 14.1 Å². The molecule has 29 heavy (non-hydrogen) atoms. The monoisotopic (exact) mass is 418 g/mol. The fourth-order valence-electron chi connectivity index (χ4n) is 3.65. The Bertz CT molecular complexity index is 765. The molecule has 1 aromatic rings. The minimum absolute atomic E-state index is 0.0791. The molecule has 160 valence electrons. The van der Waals surface area contributed by atoms with Crippen molar-refractivity contribution in [2.75, 3.05) is 6.61 Å². The van der Waals surface area contributed by atoms with Gasteiger partial charge in [-0.2, -0.15) is 0 Å². The van der Waals surface area contributed by atoms with E-state index in [9.17, 15) is 4.79 Å². The van der Waals surface area contributed by atoms with Crippen LogP contribution in [-0.4, -0.2) is 44.5 Å². The van der Waals surface area contributed by atoms with Gasteiger partial charge >= 0.3 is 5.97 Å². The van der Waals surface area contributed by atoms with Gasteiger partial charge in [-0.25, -0.2) is 4.79 Å². The summed E-state index contributed by atoms with van der Waals surface area (Å²) in [7, 11) is -2.02. The number of rotatable bonds is 5. The highest BCUT2D eigenvalue weighted by Crippen LogP contribution is 2.46. The number of carbonyl (C=O) groups is 1. The lowest BCUT2D eigenvalue weighted by Gasteiger charge is -2.43. The predicted octanol–water partition coefficient (Wildman–Crippen LogP) is 5.08. The van der Waals surface area contributed by atoms with Gasteiger partial charge in [-0.05, 0) is 44.1 Å². The number of ether oxygens (including phenoxy) is 3. The Morgan fingerprint density at radius 2 is 1.86 bits per heavy atom. The van der Waals surface area contributed by atoms with E-state index in [-0.39, 0.29) is 29.8 Å². The highest BCUT2D eigenvalue weighted by atomic mass is 28.4. The number of fused-ring (bicyclic) bond motifs is 1. The first kappa shape index (κ1) is 22.2. The molecule has 0 N–H and O–H groups in total. The van der Waals surface area contributed by atoms with Crippen molar-refractivity contribution in [2.45, 2.75) is 82.8 Å². The molecule has 1 aliphatic carbocycles. The van der Waals surface area contributed by atoms with Crippen LogP contribution in [0, 0.1) is 0 Å². The van der Waals surface area contributed by atoms with E-state index in [1.807, 2.05) is 32.0 Å². The first-order chi connectivity index (χ1) is 13.4. The van der Waals surface area contributed by atoms with Gasteiger partial charge in [0.05, 0.1) is 11.7 Å². The van der Waals surface area contributed by atoms with Gasteiger partial charge in [0.25, 0.3) is 0 Å². The van der Waals surface area contributed by atoms with Crippen molar-refractivity contribution >= 4 is 14.3 Å². The van der Waals surface area contributed by atoms with Crippen molar-refractivity contribution < 1.29 is 23.4 Å². The lowest BCUT2D eigenvalue weighted by Crippen LogP contribution is -2.56. The van der Waals surface area contributed by atoms with Crippen LogP contribution in [0.3, 0.4) is 0 Å². The van der Waals surface area contributed by atoms with E-state index in [1.54, 1.807) is 12.1 Å². The lowest BCUT2D eigenvalue weighted by molar-refractivity contribution is -0.170. The quantitative estimate of drug-likeness (QED) is 0.379. The van der Waals surface area contributed by atoms with Crippen LogP contribution >= 0.6 is 0 Å². The summed E-state index contributed by atoms with van der Waals surface area (Å²) in [6.45, 7) is 15.0. The number of esters is 1. The molecule has 2 aliphatic rings. The van der Waals surface area contributed by atoms with Crippen LogP contribution < -0.4 is 0 Å². The van der Waals surface area contributed by atoms with E-state index in [0.29, 0.717) is 12.0 Å². The second-order valence-corrected chi connectivity index (χ2v) is 14.8. The molecule has 5 nitrogen and oxygen atoms in total. The summed E-state index contributed by atoms with van der Waals surface area (Å²) in [6.07, 6.45) is 4.19. The average Bonchev–Trinajstić information content (AvgIpc) is 2.91. The standard InChI is InChI=1S/C23H34O5Si/c1-21(2,3)29(6,7)27-18-14-11-15-23(19(18)26-22(4,5)28-23)16-25-20(24)17-12-9-8-10-13-17/h8-14,18-19H,15-16H2,1-7H3/t18-,19+,23+/m0/s1. The highest BCUT2D eigenvalue weighted by Gasteiger charge is 2.58. The van der Waals surface area contributed by atoms with E-state index >= 15 is 0 Å². The molecular formula is C23H34O5Si. The Kier molecular flexibility index (Phi) is 5.86. The second-order valence-electron chi connectivity index (χ2n) is 10.0. The van der Waals surface area contributed by atoms with E-state index < -0.39 is 19.7 Å². The van der Waals surface area contributed by atoms with E-state index in [0.717, 1.165) is 0 Å². The predicted molar refractivity (Wildman–Crippen MR) is 115 cm³/mol. The highest BCUT2D eigenvalue weighted by molar-refractivity contribution is 6.74. The van der Waals surface area contributed by atoms with Crippen molar-refractivity contribution in [2.24, 2.45) is 0 Å². The van der Waals surface area contributed by atoms with Crippen molar-refractivity contribution in [3.8, 4) is 0 Å². The molecule has 0 unspecified atom stereocenters. The Hall–Kier alpha value is -1.47. The van der Waals surface area contributed by atoms with Crippen LogP contribution in [0.2, 0.25) is 18.1 Å². The molecule has 0 saturated carbocycles. The van der Waals surface area contributed by atoms with Gasteiger partial charge in [0.2, 0.25) is 0 Å². The molecule has 3 rings (SSSR count). The summed E-state index contributed by atoms with van der Waals surface area (Å²) in [5, 5.41) is 0.0791. The van der Waals surface area contributed by atoms with E-state index in [4.69, 9.17) is 18.6 Å². The first-order valence-corrected chi connectivity index (χ1v) is 13.2. The molecule has 1 heterocycles. The van der Waals surface area contributed by atoms with Crippen molar-refractivity contribution in [3.05, 3.63) is 48.0 Å². The maximum atomic E-state index is 12.5. The molecule has 0 bridgehead atoms. The summed E-state index contributed by atoms with van der Waals surface area (Å²) < 4.78 is 25.0. The maximum absolute atomic E-state index is 12.5. The van der Waals surface area contributed by atoms with Gasteiger partial charge in [0.1, 0.15) is 18.3 Å². The summed E-state index contributed by atoms with van der Waals surface area (Å²) in [5.74, 6) is -1.13. The third-order valence-electron chi connectivity index (χ3n) is 6.16. The third kappa shape index (κ3) is 4.66. The molecule has 1 saturated heterocycles. The molecule has 0 spiro atoms. The van der Waals surface area contributed by atoms with Crippen LogP contribution in [0.15, 0.2) is 42.5 Å². The molecule has 0 amide bonds. The van der Waals surface area contributed by atoms with Crippen molar-refractivity contribution in [1.82, 2.24) is 0 Å². The minimum atomic E-state index is -2.02. The lowest BCUT2D eigenvalue weighted by atomic mass is 9.85. The molecule has 1 fully saturated rings. The number of hydrogen-bond donors (Lipinski definition) is 0. The fourth-order valence-corrected chi connectivity index (χ4v) is 4.88. The zero-order chi connectivity index (χ0) is 21.5. The van der Waals surface area contributed by atoms with Gasteiger partial charge < -0.3 is 18.6 Å². The zero-order valence-electron chi connectivity index (χ0n) is 18.7. The summed E-state index contributed by atoms with van der Waals surface area (Å²) in [5.41, 5.74) is -0.227. The van der Waals surface area contributed by atoms with Gasteiger partial charge in [-0.3, -0.25) is 0 Å². The fraction of sp³-hybridized carbons (Fsp3) is 0.609. The Morgan fingerprint density at radius 1 is 1.21 bits per heavy atom. The van der Waals surface area contributed by atoms with Gasteiger partial charge in [-0.1, -0.05) is 51.1 Å². The minimum Gasteiger partial charge on any atom is -0.459 e. The summed E-state index contributed by atoms with van der Waals surface area (Å²) >= 11 is 0. The zero-order valence-corrected chi connectivity index (χ0v) is 19.7. The second kappa shape index (κ2) is 7.65. The number of hydrogen-bond acceptors (Lipinski definition) is 5. The normalized spacial score (nSPS) is 28.8. The first-order valence-electron chi connectivity index (χ1n) is 10.3. The van der Waals surface area contributed by atoms with Crippen molar-refractivity contribution in [3.63, 3.8) is 0 Å². The SMILES string of the molecule is CC1(C)O[C@@H]2[C@@H](O[Si](C)(C)C(C)(C)C)C=CC[C@]2(COC(=O)c2ccccc2)O1. The van der Waals surface area contributed by atoms with Gasteiger partial charge in [0, 0.05) is 6.42 Å². The molecular weight excluding hydrogens is 384 g/mol. The number of benzene rings is 1. The summed E-state index contributed by atoms with van der Waals surface area (Å²) in [6, 6.07) is 9.01. The Labute approximate surface area is 175 Å². The molecule has 1 aliphatic heterocycles. The van der Waals surface area contributed by atoms with Crippen LogP contribution in [0.5, 0.6) is 0 Å². The number of carbonyl (C=O) groups excluding carboxylic acids is 1. The average molecular weight is 419 g/mol. The maximum Gasteiger partial charge on any atom is 0.338 e. The van der Waals surface area contributed by atoms with Crippen LogP contribution in [0.4, 0.5) is 0 Å². The topological polar surface area (TPSA) is 54.0 Å².